The number of nitro benzene ring substituents is 1. The SMILES string of the molecule is Cc1cc(COC(=O)c2ccccc2[N+](=O)[O-])on1. The summed E-state index contributed by atoms with van der Waals surface area (Å²) in [5.74, 6) is -0.397. The fourth-order valence-corrected chi connectivity index (χ4v) is 1.50. The van der Waals surface area contributed by atoms with E-state index in [-0.39, 0.29) is 17.9 Å². The van der Waals surface area contributed by atoms with Crippen LogP contribution in [-0.2, 0) is 11.3 Å². The van der Waals surface area contributed by atoms with Gasteiger partial charge in [-0.2, -0.15) is 0 Å². The van der Waals surface area contributed by atoms with Gasteiger partial charge >= 0.3 is 5.97 Å². The molecule has 0 amide bonds. The minimum Gasteiger partial charge on any atom is -0.454 e. The van der Waals surface area contributed by atoms with Crippen LogP contribution < -0.4 is 0 Å². The predicted octanol–water partition coefficient (Wildman–Crippen LogP) is 2.25. The molecule has 0 atom stereocenters. The van der Waals surface area contributed by atoms with Crippen LogP contribution in [-0.4, -0.2) is 16.0 Å². The number of hydrogen-bond acceptors (Lipinski definition) is 6. The Morgan fingerprint density at radius 3 is 2.84 bits per heavy atom. The number of aromatic nitrogens is 1. The van der Waals surface area contributed by atoms with Crippen LogP contribution in [0.15, 0.2) is 34.9 Å². The number of esters is 1. The fourth-order valence-electron chi connectivity index (χ4n) is 1.50. The monoisotopic (exact) mass is 262 g/mol. The van der Waals surface area contributed by atoms with Gasteiger partial charge in [-0.05, 0) is 13.0 Å². The zero-order valence-corrected chi connectivity index (χ0v) is 10.0. The van der Waals surface area contributed by atoms with Gasteiger partial charge in [0.05, 0.1) is 10.6 Å². The Balaban J connectivity index is 2.10. The van der Waals surface area contributed by atoms with Crippen molar-refractivity contribution in [3.8, 4) is 0 Å². The Labute approximate surface area is 107 Å². The number of nitrogens with zero attached hydrogens (tertiary/aromatic N) is 2. The maximum Gasteiger partial charge on any atom is 0.345 e. The number of rotatable bonds is 4. The van der Waals surface area contributed by atoms with Crippen LogP contribution in [0.4, 0.5) is 5.69 Å². The standard InChI is InChI=1S/C12H10N2O5/c1-8-6-9(19-13-8)7-18-12(15)10-4-2-3-5-11(10)14(16)17/h2-6H,7H2,1H3. The molecule has 0 fully saturated rings. The van der Waals surface area contributed by atoms with Crippen LogP contribution in [0.3, 0.4) is 0 Å². The first-order valence-electron chi connectivity index (χ1n) is 5.40. The Hall–Kier alpha value is -2.70. The van der Waals surface area contributed by atoms with Crippen LogP contribution in [0.1, 0.15) is 21.8 Å². The quantitative estimate of drug-likeness (QED) is 0.476. The predicted molar refractivity (Wildman–Crippen MR) is 63.5 cm³/mol. The third-order valence-electron chi connectivity index (χ3n) is 2.34. The van der Waals surface area contributed by atoms with Crippen molar-refractivity contribution >= 4 is 11.7 Å². The highest BCUT2D eigenvalue weighted by Crippen LogP contribution is 2.19. The molecule has 0 saturated carbocycles. The van der Waals surface area contributed by atoms with Gasteiger partial charge in [-0.3, -0.25) is 10.1 Å². The van der Waals surface area contributed by atoms with Gasteiger partial charge in [0.15, 0.2) is 12.4 Å². The minimum absolute atomic E-state index is 0.0938. The molecule has 2 aromatic rings. The summed E-state index contributed by atoms with van der Waals surface area (Å²) in [6.45, 7) is 1.61. The Kier molecular flexibility index (Phi) is 3.56. The average molecular weight is 262 g/mol. The van der Waals surface area contributed by atoms with Gasteiger partial charge in [0.1, 0.15) is 5.56 Å². The third-order valence-corrected chi connectivity index (χ3v) is 2.34. The van der Waals surface area contributed by atoms with Crippen molar-refractivity contribution in [3.63, 3.8) is 0 Å². The van der Waals surface area contributed by atoms with Gasteiger partial charge in [-0.1, -0.05) is 17.3 Å². The lowest BCUT2D eigenvalue weighted by Gasteiger charge is -2.02. The molecule has 0 unspecified atom stereocenters. The summed E-state index contributed by atoms with van der Waals surface area (Å²) >= 11 is 0. The van der Waals surface area contributed by atoms with E-state index < -0.39 is 10.9 Å². The number of carbonyl (C=O) groups is 1. The van der Waals surface area contributed by atoms with E-state index in [4.69, 9.17) is 9.26 Å². The highest BCUT2D eigenvalue weighted by molar-refractivity contribution is 5.93. The molecule has 0 aliphatic heterocycles. The number of ether oxygens (including phenoxy) is 1. The van der Waals surface area contributed by atoms with Crippen LogP contribution in [0.25, 0.3) is 0 Å². The molecule has 1 aromatic carbocycles. The van der Waals surface area contributed by atoms with Crippen LogP contribution in [0, 0.1) is 17.0 Å². The highest BCUT2D eigenvalue weighted by atomic mass is 16.6. The summed E-state index contributed by atoms with van der Waals surface area (Å²) in [6, 6.07) is 7.21. The largest absolute Gasteiger partial charge is 0.454 e. The molecule has 98 valence electrons. The van der Waals surface area contributed by atoms with Gasteiger partial charge in [0.2, 0.25) is 0 Å². The number of nitro groups is 1. The summed E-state index contributed by atoms with van der Waals surface area (Å²) < 4.78 is 9.81. The molecule has 0 aliphatic rings. The van der Waals surface area contributed by atoms with E-state index in [1.807, 2.05) is 0 Å². The zero-order valence-electron chi connectivity index (χ0n) is 10.0. The smallest absolute Gasteiger partial charge is 0.345 e. The van der Waals surface area contributed by atoms with Crippen LogP contribution in [0.2, 0.25) is 0 Å². The summed E-state index contributed by atoms with van der Waals surface area (Å²) in [4.78, 5) is 21.9. The van der Waals surface area contributed by atoms with E-state index >= 15 is 0 Å². The summed E-state index contributed by atoms with van der Waals surface area (Å²) in [7, 11) is 0. The molecule has 0 aliphatic carbocycles. The molecule has 1 heterocycles. The number of hydrogen-bond donors (Lipinski definition) is 0. The Morgan fingerprint density at radius 1 is 1.47 bits per heavy atom. The number of carbonyl (C=O) groups excluding carboxylic acids is 1. The van der Waals surface area contributed by atoms with Crippen molar-refractivity contribution < 1.29 is 19.0 Å². The summed E-state index contributed by atoms with van der Waals surface area (Å²) in [6.07, 6.45) is 0. The van der Waals surface area contributed by atoms with Crippen LogP contribution >= 0.6 is 0 Å². The summed E-state index contributed by atoms with van der Waals surface area (Å²) in [5, 5.41) is 14.4. The first-order chi connectivity index (χ1) is 9.08. The zero-order chi connectivity index (χ0) is 13.8. The summed E-state index contributed by atoms with van der Waals surface area (Å²) in [5.41, 5.74) is 0.279. The lowest BCUT2D eigenvalue weighted by atomic mass is 10.2. The van der Waals surface area contributed by atoms with Gasteiger partial charge in [0.25, 0.3) is 5.69 Å². The van der Waals surface area contributed by atoms with Crippen molar-refractivity contribution in [1.82, 2.24) is 5.16 Å². The first-order valence-corrected chi connectivity index (χ1v) is 5.40. The second kappa shape index (κ2) is 5.30. The van der Waals surface area contributed by atoms with Crippen molar-refractivity contribution in [2.45, 2.75) is 13.5 Å². The lowest BCUT2D eigenvalue weighted by Crippen LogP contribution is -2.07. The molecule has 1 aromatic heterocycles. The first kappa shape index (κ1) is 12.7. The third kappa shape index (κ3) is 2.95. The molecule has 0 N–H and O–H groups in total. The van der Waals surface area contributed by atoms with E-state index in [0.717, 1.165) is 0 Å². The maximum atomic E-state index is 11.8. The normalized spacial score (nSPS) is 10.2. The molecular formula is C12H10N2O5. The van der Waals surface area contributed by atoms with E-state index in [1.54, 1.807) is 13.0 Å². The van der Waals surface area contributed by atoms with E-state index in [2.05, 4.69) is 5.16 Å². The number of benzene rings is 1. The van der Waals surface area contributed by atoms with Crippen molar-refractivity contribution in [1.29, 1.82) is 0 Å². The van der Waals surface area contributed by atoms with E-state index in [9.17, 15) is 14.9 Å². The fraction of sp³-hybridized carbons (Fsp3) is 0.167. The highest BCUT2D eigenvalue weighted by Gasteiger charge is 2.20. The Morgan fingerprint density at radius 2 is 2.21 bits per heavy atom. The molecule has 7 nitrogen and oxygen atoms in total. The van der Waals surface area contributed by atoms with Crippen molar-refractivity contribution in [2.24, 2.45) is 0 Å². The molecule has 0 bridgehead atoms. The molecular weight excluding hydrogens is 252 g/mol. The maximum absolute atomic E-state index is 11.8. The van der Waals surface area contributed by atoms with Gasteiger partial charge in [-0.15, -0.1) is 0 Å². The number of para-hydroxylation sites is 1. The second-order valence-corrected chi connectivity index (χ2v) is 3.78. The van der Waals surface area contributed by atoms with Crippen molar-refractivity contribution in [2.75, 3.05) is 0 Å². The van der Waals surface area contributed by atoms with Gasteiger partial charge < -0.3 is 9.26 Å². The average Bonchev–Trinajstić information content (AvgIpc) is 2.81. The molecule has 19 heavy (non-hydrogen) atoms. The van der Waals surface area contributed by atoms with E-state index in [0.29, 0.717) is 11.5 Å². The minimum atomic E-state index is -0.777. The number of aryl methyl sites for hydroxylation is 1. The Bertz CT molecular complexity index is 620. The van der Waals surface area contributed by atoms with E-state index in [1.165, 1.54) is 24.3 Å². The van der Waals surface area contributed by atoms with Gasteiger partial charge in [0, 0.05) is 12.1 Å². The lowest BCUT2D eigenvalue weighted by molar-refractivity contribution is -0.385. The van der Waals surface area contributed by atoms with Gasteiger partial charge in [-0.25, -0.2) is 4.79 Å². The molecule has 0 radical (unpaired) electrons. The molecule has 0 saturated heterocycles. The molecule has 0 spiro atoms. The topological polar surface area (TPSA) is 95.5 Å². The molecule has 7 heteroatoms. The second-order valence-electron chi connectivity index (χ2n) is 3.78. The van der Waals surface area contributed by atoms with Crippen LogP contribution in [0.5, 0.6) is 0 Å². The molecule has 2 rings (SSSR count). The van der Waals surface area contributed by atoms with Crippen molar-refractivity contribution in [3.05, 3.63) is 57.5 Å².